The maximum absolute atomic E-state index is 13.3. The van der Waals surface area contributed by atoms with E-state index in [4.69, 9.17) is 14.7 Å². The zero-order valence-corrected chi connectivity index (χ0v) is 12.4. The predicted molar refractivity (Wildman–Crippen MR) is 80.7 cm³/mol. The van der Waals surface area contributed by atoms with Gasteiger partial charge in [-0.2, -0.15) is 5.26 Å². The highest BCUT2D eigenvalue weighted by Crippen LogP contribution is 2.18. The standard InChI is InChI=1S/C16H14FN3O3/c1-22-7-8-23-16-13(3-2-6-19-16)15(21)20-12-4-5-14(17)11(9-12)10-18/h2-6,9H,7-8H2,1H3,(H,20,21). The van der Waals surface area contributed by atoms with Gasteiger partial charge in [0.1, 0.15) is 24.1 Å². The largest absolute Gasteiger partial charge is 0.475 e. The number of rotatable bonds is 6. The second-order valence-electron chi connectivity index (χ2n) is 4.46. The minimum Gasteiger partial charge on any atom is -0.475 e. The van der Waals surface area contributed by atoms with Gasteiger partial charge < -0.3 is 14.8 Å². The molecule has 0 saturated carbocycles. The zero-order chi connectivity index (χ0) is 16.7. The third-order valence-electron chi connectivity index (χ3n) is 2.89. The van der Waals surface area contributed by atoms with E-state index in [9.17, 15) is 9.18 Å². The Morgan fingerprint density at radius 2 is 2.22 bits per heavy atom. The summed E-state index contributed by atoms with van der Waals surface area (Å²) < 4.78 is 23.6. The molecule has 0 unspecified atom stereocenters. The molecular weight excluding hydrogens is 301 g/mol. The number of nitrogens with one attached hydrogen (secondary N) is 1. The number of methoxy groups -OCH3 is 1. The lowest BCUT2D eigenvalue weighted by Gasteiger charge is -2.10. The Bertz CT molecular complexity index is 744. The number of nitriles is 1. The summed E-state index contributed by atoms with van der Waals surface area (Å²) >= 11 is 0. The topological polar surface area (TPSA) is 84.2 Å². The molecule has 118 valence electrons. The van der Waals surface area contributed by atoms with Gasteiger partial charge in [0.15, 0.2) is 0 Å². The van der Waals surface area contributed by atoms with E-state index in [1.165, 1.54) is 25.4 Å². The second-order valence-corrected chi connectivity index (χ2v) is 4.46. The second kappa shape index (κ2) is 7.87. The van der Waals surface area contributed by atoms with Crippen LogP contribution in [-0.4, -0.2) is 31.2 Å². The Morgan fingerprint density at radius 3 is 2.96 bits per heavy atom. The molecule has 7 heteroatoms. The number of carbonyl (C=O) groups excluding carboxylic acids is 1. The fourth-order valence-electron chi connectivity index (χ4n) is 1.79. The van der Waals surface area contributed by atoms with Crippen molar-refractivity contribution in [2.45, 2.75) is 0 Å². The summed E-state index contributed by atoms with van der Waals surface area (Å²) in [6.45, 7) is 0.615. The summed E-state index contributed by atoms with van der Waals surface area (Å²) in [6, 6.07) is 8.62. The van der Waals surface area contributed by atoms with E-state index >= 15 is 0 Å². The molecule has 0 aliphatic carbocycles. The Morgan fingerprint density at radius 1 is 1.39 bits per heavy atom. The van der Waals surface area contributed by atoms with Crippen molar-refractivity contribution in [2.75, 3.05) is 25.6 Å². The van der Waals surface area contributed by atoms with Gasteiger partial charge in [-0.15, -0.1) is 0 Å². The van der Waals surface area contributed by atoms with Crippen LogP contribution in [0.15, 0.2) is 36.5 Å². The lowest BCUT2D eigenvalue weighted by atomic mass is 10.2. The Kier molecular flexibility index (Phi) is 5.61. The molecule has 6 nitrogen and oxygen atoms in total. The van der Waals surface area contributed by atoms with Gasteiger partial charge in [-0.05, 0) is 30.3 Å². The molecular formula is C16H14FN3O3. The van der Waals surface area contributed by atoms with Gasteiger partial charge in [-0.1, -0.05) is 0 Å². The van der Waals surface area contributed by atoms with Gasteiger partial charge in [-0.25, -0.2) is 9.37 Å². The fourth-order valence-corrected chi connectivity index (χ4v) is 1.79. The van der Waals surface area contributed by atoms with E-state index in [1.807, 2.05) is 0 Å². The first-order chi connectivity index (χ1) is 11.2. The van der Waals surface area contributed by atoms with Crippen molar-refractivity contribution in [3.8, 4) is 11.9 Å². The lowest BCUT2D eigenvalue weighted by Crippen LogP contribution is -2.15. The van der Waals surface area contributed by atoms with E-state index in [2.05, 4.69) is 10.3 Å². The van der Waals surface area contributed by atoms with Crippen molar-refractivity contribution in [1.82, 2.24) is 4.98 Å². The summed E-state index contributed by atoms with van der Waals surface area (Å²) in [5, 5.41) is 11.4. The number of carbonyl (C=O) groups is 1. The molecule has 0 bridgehead atoms. The molecule has 1 N–H and O–H groups in total. The van der Waals surface area contributed by atoms with Gasteiger partial charge in [0.05, 0.1) is 12.2 Å². The van der Waals surface area contributed by atoms with Crippen LogP contribution >= 0.6 is 0 Å². The van der Waals surface area contributed by atoms with Crippen molar-refractivity contribution in [3.05, 3.63) is 53.5 Å². The van der Waals surface area contributed by atoms with Crippen LogP contribution in [0, 0.1) is 17.1 Å². The average molecular weight is 315 g/mol. The summed E-state index contributed by atoms with van der Waals surface area (Å²) in [7, 11) is 1.54. The summed E-state index contributed by atoms with van der Waals surface area (Å²) in [6.07, 6.45) is 1.50. The zero-order valence-electron chi connectivity index (χ0n) is 12.4. The Hall–Kier alpha value is -2.98. The van der Waals surface area contributed by atoms with E-state index in [0.29, 0.717) is 12.3 Å². The summed E-state index contributed by atoms with van der Waals surface area (Å²) in [5.41, 5.74) is 0.386. The summed E-state index contributed by atoms with van der Waals surface area (Å²) in [4.78, 5) is 16.3. The number of halogens is 1. The monoisotopic (exact) mass is 315 g/mol. The van der Waals surface area contributed by atoms with Crippen LogP contribution < -0.4 is 10.1 Å². The number of nitrogens with zero attached hydrogens (tertiary/aromatic N) is 2. The molecule has 1 aromatic carbocycles. The van der Waals surface area contributed by atoms with Crippen molar-refractivity contribution in [1.29, 1.82) is 5.26 Å². The fraction of sp³-hybridized carbons (Fsp3) is 0.188. The number of hydrogen-bond acceptors (Lipinski definition) is 5. The molecule has 0 aliphatic heterocycles. The molecule has 0 radical (unpaired) electrons. The maximum atomic E-state index is 13.3. The minimum atomic E-state index is -0.643. The van der Waals surface area contributed by atoms with E-state index in [1.54, 1.807) is 18.2 Å². The first kappa shape index (κ1) is 16.4. The Balaban J connectivity index is 2.16. The van der Waals surface area contributed by atoms with Crippen LogP contribution in [0.2, 0.25) is 0 Å². The molecule has 0 saturated heterocycles. The SMILES string of the molecule is COCCOc1ncccc1C(=O)Nc1ccc(F)c(C#N)c1. The van der Waals surface area contributed by atoms with Crippen molar-refractivity contribution < 1.29 is 18.7 Å². The first-order valence-electron chi connectivity index (χ1n) is 6.73. The molecule has 1 amide bonds. The Labute approximate surface area is 132 Å². The molecule has 1 aromatic heterocycles. The van der Waals surface area contributed by atoms with Crippen LogP contribution in [0.4, 0.5) is 10.1 Å². The molecule has 2 rings (SSSR count). The molecule has 0 spiro atoms. The highest BCUT2D eigenvalue weighted by atomic mass is 19.1. The molecule has 0 fully saturated rings. The number of hydrogen-bond donors (Lipinski definition) is 1. The van der Waals surface area contributed by atoms with Crippen LogP contribution in [0.3, 0.4) is 0 Å². The highest BCUT2D eigenvalue weighted by Gasteiger charge is 2.14. The smallest absolute Gasteiger partial charge is 0.261 e. The van der Waals surface area contributed by atoms with E-state index in [-0.39, 0.29) is 23.6 Å². The van der Waals surface area contributed by atoms with Crippen molar-refractivity contribution in [2.24, 2.45) is 0 Å². The van der Waals surface area contributed by atoms with Crippen LogP contribution in [-0.2, 0) is 4.74 Å². The van der Waals surface area contributed by atoms with Crippen molar-refractivity contribution in [3.63, 3.8) is 0 Å². The van der Waals surface area contributed by atoms with Crippen LogP contribution in [0.5, 0.6) is 5.88 Å². The third kappa shape index (κ3) is 4.25. The quantitative estimate of drug-likeness (QED) is 0.827. The molecule has 23 heavy (non-hydrogen) atoms. The normalized spacial score (nSPS) is 9.96. The maximum Gasteiger partial charge on any atom is 0.261 e. The van der Waals surface area contributed by atoms with E-state index < -0.39 is 11.7 Å². The first-order valence-corrected chi connectivity index (χ1v) is 6.73. The number of aromatic nitrogens is 1. The summed E-state index contributed by atoms with van der Waals surface area (Å²) in [5.74, 6) is -0.943. The van der Waals surface area contributed by atoms with Crippen LogP contribution in [0.25, 0.3) is 0 Å². The molecule has 2 aromatic rings. The van der Waals surface area contributed by atoms with Gasteiger partial charge in [0, 0.05) is 19.0 Å². The van der Waals surface area contributed by atoms with Crippen LogP contribution in [0.1, 0.15) is 15.9 Å². The average Bonchev–Trinajstić information content (AvgIpc) is 2.57. The number of pyridine rings is 1. The number of amides is 1. The van der Waals surface area contributed by atoms with Crippen molar-refractivity contribution >= 4 is 11.6 Å². The van der Waals surface area contributed by atoms with Gasteiger partial charge in [0.2, 0.25) is 5.88 Å². The van der Waals surface area contributed by atoms with Gasteiger partial charge >= 0.3 is 0 Å². The number of ether oxygens (including phenoxy) is 2. The molecule has 0 aliphatic rings. The van der Waals surface area contributed by atoms with Gasteiger partial charge in [0.25, 0.3) is 5.91 Å². The molecule has 0 atom stereocenters. The van der Waals surface area contributed by atoms with Gasteiger partial charge in [-0.3, -0.25) is 4.79 Å². The van der Waals surface area contributed by atoms with E-state index in [0.717, 1.165) is 6.07 Å². The lowest BCUT2D eigenvalue weighted by molar-refractivity contribution is 0.101. The molecule has 1 heterocycles. The highest BCUT2D eigenvalue weighted by molar-refractivity contribution is 6.05. The predicted octanol–water partition coefficient (Wildman–Crippen LogP) is 2.37. The number of benzene rings is 1. The number of anilines is 1. The minimum absolute atomic E-state index is 0.148. The third-order valence-corrected chi connectivity index (χ3v) is 2.89.